The van der Waals surface area contributed by atoms with Gasteiger partial charge in [-0.3, -0.25) is 4.79 Å². The number of aryl methyl sites for hydroxylation is 1. The number of rotatable bonds is 8. The number of amides is 1. The lowest BCUT2D eigenvalue weighted by Gasteiger charge is -2.12. The van der Waals surface area contributed by atoms with Crippen molar-refractivity contribution >= 4 is 11.6 Å². The molecule has 0 fully saturated rings. The van der Waals surface area contributed by atoms with E-state index in [1.54, 1.807) is 14.2 Å². The molecule has 0 unspecified atom stereocenters. The van der Waals surface area contributed by atoms with E-state index in [1.807, 2.05) is 43.3 Å². The van der Waals surface area contributed by atoms with Crippen LogP contribution in [0.25, 0.3) is 0 Å². The fraction of sp³-hybridized carbons (Fsp3) is 0.316. The highest BCUT2D eigenvalue weighted by molar-refractivity contribution is 5.76. The van der Waals surface area contributed by atoms with E-state index in [4.69, 9.17) is 9.47 Å². The SMILES string of the molecule is COc1ccc(OC)c(NCCC(=O)NCc2cccc(C)c2)c1. The summed E-state index contributed by atoms with van der Waals surface area (Å²) in [6.07, 6.45) is 0.381. The maximum atomic E-state index is 12.0. The average Bonchev–Trinajstić information content (AvgIpc) is 2.60. The molecule has 128 valence electrons. The van der Waals surface area contributed by atoms with Crippen LogP contribution in [0.5, 0.6) is 11.5 Å². The summed E-state index contributed by atoms with van der Waals surface area (Å²) >= 11 is 0. The van der Waals surface area contributed by atoms with Crippen molar-refractivity contribution in [1.29, 1.82) is 0 Å². The lowest BCUT2D eigenvalue weighted by atomic mass is 10.1. The summed E-state index contributed by atoms with van der Waals surface area (Å²) in [6, 6.07) is 13.6. The molecule has 5 heteroatoms. The van der Waals surface area contributed by atoms with Crippen LogP contribution in [0.2, 0.25) is 0 Å². The van der Waals surface area contributed by atoms with Crippen LogP contribution in [-0.2, 0) is 11.3 Å². The van der Waals surface area contributed by atoms with Crippen LogP contribution in [0, 0.1) is 6.92 Å². The minimum Gasteiger partial charge on any atom is -0.497 e. The molecular weight excluding hydrogens is 304 g/mol. The second-order valence-electron chi connectivity index (χ2n) is 5.51. The summed E-state index contributed by atoms with van der Waals surface area (Å²) in [4.78, 5) is 12.0. The molecule has 2 N–H and O–H groups in total. The lowest BCUT2D eigenvalue weighted by Crippen LogP contribution is -2.24. The van der Waals surface area contributed by atoms with E-state index < -0.39 is 0 Å². The second-order valence-corrected chi connectivity index (χ2v) is 5.51. The van der Waals surface area contributed by atoms with Gasteiger partial charge < -0.3 is 20.1 Å². The molecule has 5 nitrogen and oxygen atoms in total. The summed E-state index contributed by atoms with van der Waals surface area (Å²) in [5.74, 6) is 1.46. The number of methoxy groups -OCH3 is 2. The van der Waals surface area contributed by atoms with Gasteiger partial charge in [0.05, 0.1) is 19.9 Å². The highest BCUT2D eigenvalue weighted by atomic mass is 16.5. The van der Waals surface area contributed by atoms with Crippen LogP contribution >= 0.6 is 0 Å². The normalized spacial score (nSPS) is 10.1. The predicted octanol–water partition coefficient (Wildman–Crippen LogP) is 3.13. The molecule has 0 aliphatic rings. The molecule has 0 spiro atoms. The van der Waals surface area contributed by atoms with Gasteiger partial charge in [0.25, 0.3) is 0 Å². The van der Waals surface area contributed by atoms with Gasteiger partial charge in [0.1, 0.15) is 11.5 Å². The molecule has 0 aliphatic carbocycles. The minimum atomic E-state index is 0.00543. The molecule has 2 aromatic rings. The average molecular weight is 328 g/mol. The van der Waals surface area contributed by atoms with Gasteiger partial charge >= 0.3 is 0 Å². The summed E-state index contributed by atoms with van der Waals surface area (Å²) in [6.45, 7) is 3.10. The molecule has 2 aromatic carbocycles. The third-order valence-electron chi connectivity index (χ3n) is 3.65. The smallest absolute Gasteiger partial charge is 0.222 e. The summed E-state index contributed by atoms with van der Waals surface area (Å²) in [5, 5.41) is 6.14. The molecule has 0 aliphatic heterocycles. The standard InChI is InChI=1S/C19H24N2O3/c1-14-5-4-6-15(11-14)13-21-19(22)9-10-20-17-12-16(23-2)7-8-18(17)24-3/h4-8,11-12,20H,9-10,13H2,1-3H3,(H,21,22). The fourth-order valence-corrected chi connectivity index (χ4v) is 2.37. The van der Waals surface area contributed by atoms with Crippen LogP contribution in [0.1, 0.15) is 17.5 Å². The molecule has 0 radical (unpaired) electrons. The van der Waals surface area contributed by atoms with E-state index in [-0.39, 0.29) is 5.91 Å². The van der Waals surface area contributed by atoms with E-state index in [1.165, 1.54) is 5.56 Å². The first-order valence-corrected chi connectivity index (χ1v) is 7.90. The van der Waals surface area contributed by atoms with Gasteiger partial charge in [-0.2, -0.15) is 0 Å². The highest BCUT2D eigenvalue weighted by Gasteiger charge is 2.06. The van der Waals surface area contributed by atoms with E-state index in [0.717, 1.165) is 22.7 Å². The van der Waals surface area contributed by atoms with Gasteiger partial charge in [-0.25, -0.2) is 0 Å². The second kappa shape index (κ2) is 8.82. The molecule has 0 bridgehead atoms. The van der Waals surface area contributed by atoms with Crippen LogP contribution in [0.15, 0.2) is 42.5 Å². The summed E-state index contributed by atoms with van der Waals surface area (Å²) < 4.78 is 10.5. The number of carbonyl (C=O) groups is 1. The van der Waals surface area contributed by atoms with Crippen molar-refractivity contribution in [3.8, 4) is 11.5 Å². The first kappa shape index (κ1) is 17.7. The van der Waals surface area contributed by atoms with Crippen LogP contribution in [0.3, 0.4) is 0 Å². The zero-order valence-electron chi connectivity index (χ0n) is 14.4. The number of hydrogen-bond donors (Lipinski definition) is 2. The fourth-order valence-electron chi connectivity index (χ4n) is 2.37. The Morgan fingerprint density at radius 2 is 1.92 bits per heavy atom. The predicted molar refractivity (Wildman–Crippen MR) is 95.7 cm³/mol. The third kappa shape index (κ3) is 5.19. The Bertz CT molecular complexity index is 686. The van der Waals surface area contributed by atoms with Gasteiger partial charge in [-0.1, -0.05) is 29.8 Å². The molecule has 24 heavy (non-hydrogen) atoms. The van der Waals surface area contributed by atoms with Crippen molar-refractivity contribution in [2.45, 2.75) is 19.9 Å². The lowest BCUT2D eigenvalue weighted by molar-refractivity contribution is -0.121. The Labute approximate surface area is 143 Å². The Balaban J connectivity index is 1.80. The highest BCUT2D eigenvalue weighted by Crippen LogP contribution is 2.28. The number of benzene rings is 2. The molecule has 0 atom stereocenters. The molecule has 0 heterocycles. The zero-order chi connectivity index (χ0) is 17.4. The van der Waals surface area contributed by atoms with E-state index in [9.17, 15) is 4.79 Å². The third-order valence-corrected chi connectivity index (χ3v) is 3.65. The number of carbonyl (C=O) groups excluding carboxylic acids is 1. The van der Waals surface area contributed by atoms with E-state index >= 15 is 0 Å². The van der Waals surface area contributed by atoms with Crippen molar-refractivity contribution in [3.63, 3.8) is 0 Å². The first-order chi connectivity index (χ1) is 11.6. The Hall–Kier alpha value is -2.69. The number of hydrogen-bond acceptors (Lipinski definition) is 4. The van der Waals surface area contributed by atoms with Gasteiger partial charge in [-0.05, 0) is 24.6 Å². The van der Waals surface area contributed by atoms with E-state index in [2.05, 4.69) is 16.7 Å². The molecule has 1 amide bonds. The Morgan fingerprint density at radius 1 is 1.08 bits per heavy atom. The number of anilines is 1. The van der Waals surface area contributed by atoms with Crippen LogP contribution < -0.4 is 20.1 Å². The van der Waals surface area contributed by atoms with Gasteiger partial charge in [-0.15, -0.1) is 0 Å². The quantitative estimate of drug-likeness (QED) is 0.781. The van der Waals surface area contributed by atoms with Crippen molar-refractivity contribution in [2.24, 2.45) is 0 Å². The summed E-state index contributed by atoms with van der Waals surface area (Å²) in [5.41, 5.74) is 3.10. The maximum Gasteiger partial charge on any atom is 0.222 e. The van der Waals surface area contributed by atoms with Gasteiger partial charge in [0.15, 0.2) is 0 Å². The Morgan fingerprint density at radius 3 is 2.62 bits per heavy atom. The van der Waals surface area contributed by atoms with Crippen LogP contribution in [0.4, 0.5) is 5.69 Å². The molecule has 0 saturated heterocycles. The molecule has 0 saturated carbocycles. The largest absolute Gasteiger partial charge is 0.497 e. The summed E-state index contributed by atoms with van der Waals surface area (Å²) in [7, 11) is 3.23. The first-order valence-electron chi connectivity index (χ1n) is 7.90. The zero-order valence-corrected chi connectivity index (χ0v) is 14.4. The van der Waals surface area contributed by atoms with Crippen molar-refractivity contribution < 1.29 is 14.3 Å². The van der Waals surface area contributed by atoms with Crippen molar-refractivity contribution in [2.75, 3.05) is 26.1 Å². The molecule has 2 rings (SSSR count). The number of ether oxygens (including phenoxy) is 2. The van der Waals surface area contributed by atoms with Crippen LogP contribution in [-0.4, -0.2) is 26.7 Å². The topological polar surface area (TPSA) is 59.6 Å². The Kier molecular flexibility index (Phi) is 6.49. The monoisotopic (exact) mass is 328 g/mol. The molecular formula is C19H24N2O3. The van der Waals surface area contributed by atoms with Crippen molar-refractivity contribution in [1.82, 2.24) is 5.32 Å². The van der Waals surface area contributed by atoms with Gasteiger partial charge in [0.2, 0.25) is 5.91 Å². The molecule has 0 aromatic heterocycles. The van der Waals surface area contributed by atoms with Crippen molar-refractivity contribution in [3.05, 3.63) is 53.6 Å². The maximum absolute atomic E-state index is 12.0. The minimum absolute atomic E-state index is 0.00543. The van der Waals surface area contributed by atoms with E-state index in [0.29, 0.717) is 19.5 Å². The number of nitrogens with one attached hydrogen (secondary N) is 2. The van der Waals surface area contributed by atoms with Gasteiger partial charge in [0, 0.05) is 25.6 Å².